The molecule has 0 saturated carbocycles. The van der Waals surface area contributed by atoms with Crippen LogP contribution in [0, 0.1) is 6.92 Å². The predicted octanol–water partition coefficient (Wildman–Crippen LogP) is 1.11. The minimum Gasteiger partial charge on any atom is -0.484 e. The van der Waals surface area contributed by atoms with Gasteiger partial charge in [-0.15, -0.1) is 0 Å². The molecule has 0 fully saturated rings. The number of ether oxygens (including phenoxy) is 3. The van der Waals surface area contributed by atoms with Gasteiger partial charge in [0.1, 0.15) is 5.75 Å². The molecular formula is C13H19NO4. The van der Waals surface area contributed by atoms with Gasteiger partial charge < -0.3 is 19.5 Å². The summed E-state index contributed by atoms with van der Waals surface area (Å²) in [6.07, 6.45) is -0.437. The fourth-order valence-electron chi connectivity index (χ4n) is 1.29. The molecule has 1 aromatic carbocycles. The molecule has 5 nitrogen and oxygen atoms in total. The van der Waals surface area contributed by atoms with Crippen LogP contribution in [0.15, 0.2) is 24.3 Å². The Hall–Kier alpha value is -1.59. The Bertz CT molecular complexity index is 360. The SMILES string of the molecule is COC(CNC(=O)COc1ccc(C)cc1)OC. The summed E-state index contributed by atoms with van der Waals surface area (Å²) in [4.78, 5) is 11.5. The van der Waals surface area contributed by atoms with E-state index in [9.17, 15) is 4.79 Å². The lowest BCUT2D eigenvalue weighted by molar-refractivity contribution is -0.129. The van der Waals surface area contributed by atoms with Crippen molar-refractivity contribution < 1.29 is 19.0 Å². The zero-order valence-electron chi connectivity index (χ0n) is 10.9. The average molecular weight is 253 g/mol. The van der Waals surface area contributed by atoms with Crippen molar-refractivity contribution in [3.8, 4) is 5.75 Å². The van der Waals surface area contributed by atoms with Crippen LogP contribution in [0.5, 0.6) is 5.75 Å². The second-order valence-electron chi connectivity index (χ2n) is 3.81. The predicted molar refractivity (Wildman–Crippen MR) is 67.5 cm³/mol. The van der Waals surface area contributed by atoms with Gasteiger partial charge in [0.05, 0.1) is 6.54 Å². The molecule has 1 amide bonds. The molecule has 0 aromatic heterocycles. The topological polar surface area (TPSA) is 56.8 Å². The van der Waals surface area contributed by atoms with E-state index in [1.807, 2.05) is 31.2 Å². The van der Waals surface area contributed by atoms with Crippen LogP contribution < -0.4 is 10.1 Å². The maximum Gasteiger partial charge on any atom is 0.258 e. The Kier molecular flexibility index (Phi) is 6.18. The highest BCUT2D eigenvalue weighted by atomic mass is 16.7. The summed E-state index contributed by atoms with van der Waals surface area (Å²) in [5, 5.41) is 2.65. The molecule has 18 heavy (non-hydrogen) atoms. The lowest BCUT2D eigenvalue weighted by Gasteiger charge is -2.14. The first kappa shape index (κ1) is 14.5. The molecule has 0 aliphatic heterocycles. The summed E-state index contributed by atoms with van der Waals surface area (Å²) in [6, 6.07) is 7.52. The van der Waals surface area contributed by atoms with Crippen molar-refractivity contribution >= 4 is 5.91 Å². The van der Waals surface area contributed by atoms with Crippen LogP contribution in [0.1, 0.15) is 5.56 Å². The van der Waals surface area contributed by atoms with E-state index in [1.54, 1.807) is 0 Å². The molecule has 1 N–H and O–H groups in total. The van der Waals surface area contributed by atoms with Crippen molar-refractivity contribution in [2.75, 3.05) is 27.4 Å². The highest BCUT2D eigenvalue weighted by Gasteiger charge is 2.08. The van der Waals surface area contributed by atoms with E-state index in [4.69, 9.17) is 14.2 Å². The summed E-state index contributed by atoms with van der Waals surface area (Å²) in [5.74, 6) is 0.459. The third-order valence-electron chi connectivity index (χ3n) is 2.38. The van der Waals surface area contributed by atoms with Gasteiger partial charge in [-0.3, -0.25) is 4.79 Å². The minimum absolute atomic E-state index is 0.0246. The Morgan fingerprint density at radius 3 is 2.39 bits per heavy atom. The highest BCUT2D eigenvalue weighted by Crippen LogP contribution is 2.10. The molecule has 5 heteroatoms. The quantitative estimate of drug-likeness (QED) is 0.740. The number of nitrogens with one attached hydrogen (secondary N) is 1. The van der Waals surface area contributed by atoms with Gasteiger partial charge in [0, 0.05) is 14.2 Å². The van der Waals surface area contributed by atoms with Gasteiger partial charge in [-0.05, 0) is 19.1 Å². The van der Waals surface area contributed by atoms with E-state index in [1.165, 1.54) is 14.2 Å². The third kappa shape index (κ3) is 5.16. The van der Waals surface area contributed by atoms with Gasteiger partial charge in [0.2, 0.25) is 0 Å². The van der Waals surface area contributed by atoms with E-state index in [-0.39, 0.29) is 12.5 Å². The molecule has 0 atom stereocenters. The van der Waals surface area contributed by atoms with Crippen molar-refractivity contribution in [1.29, 1.82) is 0 Å². The first-order chi connectivity index (χ1) is 8.65. The molecule has 0 aliphatic carbocycles. The third-order valence-corrected chi connectivity index (χ3v) is 2.38. The fourth-order valence-corrected chi connectivity index (χ4v) is 1.29. The van der Waals surface area contributed by atoms with Gasteiger partial charge in [-0.2, -0.15) is 0 Å². The van der Waals surface area contributed by atoms with Crippen LogP contribution in [0.25, 0.3) is 0 Å². The lowest BCUT2D eigenvalue weighted by atomic mass is 10.2. The Labute approximate surface area is 107 Å². The van der Waals surface area contributed by atoms with E-state index >= 15 is 0 Å². The summed E-state index contributed by atoms with van der Waals surface area (Å²) < 4.78 is 15.2. The molecule has 0 saturated heterocycles. The van der Waals surface area contributed by atoms with E-state index in [0.29, 0.717) is 12.3 Å². The monoisotopic (exact) mass is 253 g/mol. The minimum atomic E-state index is -0.437. The normalized spacial score (nSPS) is 10.4. The first-order valence-corrected chi connectivity index (χ1v) is 5.67. The standard InChI is InChI=1S/C13H19NO4/c1-10-4-6-11(7-5-10)18-9-12(15)14-8-13(16-2)17-3/h4-7,13H,8-9H2,1-3H3,(H,14,15). The van der Waals surface area contributed by atoms with Gasteiger partial charge in [-0.25, -0.2) is 0 Å². The number of methoxy groups -OCH3 is 2. The molecule has 1 rings (SSSR count). The summed E-state index contributed by atoms with van der Waals surface area (Å²) in [5.41, 5.74) is 1.15. The van der Waals surface area contributed by atoms with Crippen molar-refractivity contribution in [3.63, 3.8) is 0 Å². The van der Waals surface area contributed by atoms with Crippen LogP contribution in [0.3, 0.4) is 0 Å². The van der Waals surface area contributed by atoms with Crippen molar-refractivity contribution in [3.05, 3.63) is 29.8 Å². The molecular weight excluding hydrogens is 234 g/mol. The van der Waals surface area contributed by atoms with Crippen LogP contribution in [-0.4, -0.2) is 39.6 Å². The molecule has 100 valence electrons. The van der Waals surface area contributed by atoms with Gasteiger partial charge >= 0.3 is 0 Å². The molecule has 0 heterocycles. The molecule has 1 aromatic rings. The van der Waals surface area contributed by atoms with Crippen LogP contribution in [-0.2, 0) is 14.3 Å². The smallest absolute Gasteiger partial charge is 0.258 e. The average Bonchev–Trinajstić information content (AvgIpc) is 2.39. The molecule has 0 spiro atoms. The van der Waals surface area contributed by atoms with Crippen LogP contribution in [0.4, 0.5) is 0 Å². The first-order valence-electron chi connectivity index (χ1n) is 5.67. The van der Waals surface area contributed by atoms with Gasteiger partial charge in [0.25, 0.3) is 5.91 Å². The number of hydrogen-bond donors (Lipinski definition) is 1. The molecule has 0 bridgehead atoms. The summed E-state index contributed by atoms with van der Waals surface area (Å²) >= 11 is 0. The number of carbonyl (C=O) groups excluding carboxylic acids is 1. The fraction of sp³-hybridized carbons (Fsp3) is 0.462. The largest absolute Gasteiger partial charge is 0.484 e. The maximum absolute atomic E-state index is 11.5. The zero-order valence-corrected chi connectivity index (χ0v) is 10.9. The van der Waals surface area contributed by atoms with Crippen molar-refractivity contribution in [1.82, 2.24) is 5.32 Å². The van der Waals surface area contributed by atoms with Crippen LogP contribution >= 0.6 is 0 Å². The van der Waals surface area contributed by atoms with Crippen molar-refractivity contribution in [2.45, 2.75) is 13.2 Å². The van der Waals surface area contributed by atoms with Gasteiger partial charge in [0.15, 0.2) is 12.9 Å². The Morgan fingerprint density at radius 2 is 1.83 bits per heavy atom. The second-order valence-corrected chi connectivity index (χ2v) is 3.81. The Balaban J connectivity index is 2.26. The number of rotatable bonds is 7. The molecule has 0 aliphatic rings. The number of carbonyl (C=O) groups is 1. The number of aryl methyl sites for hydroxylation is 1. The van der Waals surface area contributed by atoms with Crippen LogP contribution in [0.2, 0.25) is 0 Å². The van der Waals surface area contributed by atoms with E-state index in [2.05, 4.69) is 5.32 Å². The molecule has 0 unspecified atom stereocenters. The number of amides is 1. The molecule has 0 radical (unpaired) electrons. The number of benzene rings is 1. The highest BCUT2D eigenvalue weighted by molar-refractivity contribution is 5.77. The van der Waals surface area contributed by atoms with E-state index < -0.39 is 6.29 Å². The van der Waals surface area contributed by atoms with E-state index in [0.717, 1.165) is 5.56 Å². The Morgan fingerprint density at radius 1 is 1.22 bits per heavy atom. The lowest BCUT2D eigenvalue weighted by Crippen LogP contribution is -2.36. The van der Waals surface area contributed by atoms with Crippen molar-refractivity contribution in [2.24, 2.45) is 0 Å². The maximum atomic E-state index is 11.5. The summed E-state index contributed by atoms with van der Waals surface area (Å²) in [6.45, 7) is 2.26. The summed E-state index contributed by atoms with van der Waals surface area (Å²) in [7, 11) is 3.03. The number of hydrogen-bond acceptors (Lipinski definition) is 4. The van der Waals surface area contributed by atoms with Gasteiger partial charge in [-0.1, -0.05) is 17.7 Å². The zero-order chi connectivity index (χ0) is 13.4. The second kappa shape index (κ2) is 7.68.